The summed E-state index contributed by atoms with van der Waals surface area (Å²) in [7, 11) is 0. The van der Waals surface area contributed by atoms with E-state index in [0.717, 1.165) is 17.2 Å². The van der Waals surface area contributed by atoms with E-state index < -0.39 is 10.8 Å². The van der Waals surface area contributed by atoms with Gasteiger partial charge >= 0.3 is 5.82 Å². The number of nitrogens with one attached hydrogen (secondary N) is 2. The SMILES string of the molecule is O=C(Nc1ccccc1-c1ccccc1)c1cc([N+](=O)[O-])[nH]n1. The van der Waals surface area contributed by atoms with E-state index in [4.69, 9.17) is 0 Å². The Bertz CT molecular complexity index is 859. The van der Waals surface area contributed by atoms with Crippen LogP contribution in [0.3, 0.4) is 0 Å². The molecule has 0 radical (unpaired) electrons. The van der Waals surface area contributed by atoms with Crippen molar-refractivity contribution in [2.45, 2.75) is 0 Å². The van der Waals surface area contributed by atoms with Crippen molar-refractivity contribution in [3.05, 3.63) is 76.5 Å². The van der Waals surface area contributed by atoms with Gasteiger partial charge in [-0.25, -0.2) is 0 Å². The summed E-state index contributed by atoms with van der Waals surface area (Å²) in [6.45, 7) is 0. The van der Waals surface area contributed by atoms with E-state index in [1.807, 2.05) is 42.5 Å². The van der Waals surface area contributed by atoms with Crippen LogP contribution in [-0.4, -0.2) is 21.0 Å². The van der Waals surface area contributed by atoms with Crippen LogP contribution < -0.4 is 5.32 Å². The molecule has 1 aromatic heterocycles. The van der Waals surface area contributed by atoms with Gasteiger partial charge in [0.25, 0.3) is 5.91 Å². The first kappa shape index (κ1) is 14.5. The van der Waals surface area contributed by atoms with Crippen molar-refractivity contribution >= 4 is 17.4 Å². The van der Waals surface area contributed by atoms with Crippen LogP contribution in [0.2, 0.25) is 0 Å². The lowest BCUT2D eigenvalue weighted by atomic mass is 10.0. The number of para-hydroxylation sites is 1. The average Bonchev–Trinajstić information content (AvgIpc) is 3.07. The van der Waals surface area contributed by atoms with Crippen molar-refractivity contribution in [2.75, 3.05) is 5.32 Å². The fourth-order valence-corrected chi connectivity index (χ4v) is 2.17. The molecule has 0 bridgehead atoms. The van der Waals surface area contributed by atoms with Crippen molar-refractivity contribution < 1.29 is 9.72 Å². The van der Waals surface area contributed by atoms with Gasteiger partial charge in [0.1, 0.15) is 0 Å². The fourth-order valence-electron chi connectivity index (χ4n) is 2.17. The lowest BCUT2D eigenvalue weighted by Crippen LogP contribution is -2.13. The monoisotopic (exact) mass is 308 g/mol. The summed E-state index contributed by atoms with van der Waals surface area (Å²) in [4.78, 5) is 22.2. The molecule has 3 rings (SSSR count). The van der Waals surface area contributed by atoms with Gasteiger partial charge in [-0.2, -0.15) is 0 Å². The van der Waals surface area contributed by atoms with Crippen LogP contribution in [0.4, 0.5) is 11.5 Å². The highest BCUT2D eigenvalue weighted by Crippen LogP contribution is 2.27. The molecule has 0 spiro atoms. The first-order valence-electron chi connectivity index (χ1n) is 6.81. The van der Waals surface area contributed by atoms with Crippen molar-refractivity contribution in [1.82, 2.24) is 10.2 Å². The summed E-state index contributed by atoms with van der Waals surface area (Å²) in [6, 6.07) is 18.0. The Balaban J connectivity index is 1.88. The number of hydrogen-bond acceptors (Lipinski definition) is 4. The summed E-state index contributed by atoms with van der Waals surface area (Å²) < 4.78 is 0. The molecule has 0 aliphatic rings. The molecule has 2 N–H and O–H groups in total. The second kappa shape index (κ2) is 6.10. The number of benzene rings is 2. The molecule has 1 amide bonds. The number of nitro groups is 1. The first-order chi connectivity index (χ1) is 11.1. The Kier molecular flexibility index (Phi) is 3.84. The smallest absolute Gasteiger partial charge is 0.343 e. The minimum Gasteiger partial charge on any atom is -0.358 e. The van der Waals surface area contributed by atoms with Gasteiger partial charge < -0.3 is 15.4 Å². The molecule has 1 heterocycles. The lowest BCUT2D eigenvalue weighted by molar-refractivity contribution is -0.389. The van der Waals surface area contributed by atoms with Crippen molar-refractivity contribution in [3.63, 3.8) is 0 Å². The quantitative estimate of drug-likeness (QED) is 0.570. The predicted octanol–water partition coefficient (Wildman–Crippen LogP) is 3.24. The number of amides is 1. The van der Waals surface area contributed by atoms with Gasteiger partial charge in [-0.1, -0.05) is 53.6 Å². The highest BCUT2D eigenvalue weighted by Gasteiger charge is 2.17. The van der Waals surface area contributed by atoms with Crippen molar-refractivity contribution in [2.24, 2.45) is 0 Å². The number of aromatic amines is 1. The van der Waals surface area contributed by atoms with Crippen LogP contribution in [0.25, 0.3) is 11.1 Å². The molecule has 0 saturated heterocycles. The third-order valence-corrected chi connectivity index (χ3v) is 3.25. The number of nitrogens with zero attached hydrogens (tertiary/aromatic N) is 2. The van der Waals surface area contributed by atoms with Gasteiger partial charge in [0.2, 0.25) is 0 Å². The van der Waals surface area contributed by atoms with Crippen LogP contribution >= 0.6 is 0 Å². The number of aromatic nitrogens is 2. The molecule has 23 heavy (non-hydrogen) atoms. The Morgan fingerprint density at radius 1 is 1.09 bits per heavy atom. The number of carbonyl (C=O) groups is 1. The maximum atomic E-state index is 12.2. The second-order valence-electron chi connectivity index (χ2n) is 4.76. The molecule has 114 valence electrons. The standard InChI is InChI=1S/C16H12N4O3/c21-16(14-10-15(19-18-14)20(22)23)17-13-9-5-4-8-12(13)11-6-2-1-3-7-11/h1-10H,(H,17,21)(H,18,19). The third-order valence-electron chi connectivity index (χ3n) is 3.25. The van der Waals surface area contributed by atoms with Crippen LogP contribution in [0.1, 0.15) is 10.5 Å². The minimum absolute atomic E-state index is 0.0421. The molecular weight excluding hydrogens is 296 g/mol. The summed E-state index contributed by atoms with van der Waals surface area (Å²) in [5.74, 6) is -0.843. The minimum atomic E-state index is -0.637. The highest BCUT2D eigenvalue weighted by atomic mass is 16.6. The zero-order valence-corrected chi connectivity index (χ0v) is 11.9. The lowest BCUT2D eigenvalue weighted by Gasteiger charge is -2.10. The van der Waals surface area contributed by atoms with E-state index in [-0.39, 0.29) is 11.5 Å². The molecule has 3 aromatic rings. The number of carbonyl (C=O) groups excluding carboxylic acids is 1. The van der Waals surface area contributed by atoms with Gasteiger partial charge in [-0.15, -0.1) is 5.10 Å². The normalized spacial score (nSPS) is 10.3. The van der Waals surface area contributed by atoms with Crippen LogP contribution in [0, 0.1) is 10.1 Å². The average molecular weight is 308 g/mol. The third kappa shape index (κ3) is 3.08. The van der Waals surface area contributed by atoms with E-state index in [2.05, 4.69) is 15.5 Å². The largest absolute Gasteiger partial charge is 0.358 e. The molecule has 0 aliphatic heterocycles. The Labute approximate surface area is 131 Å². The van der Waals surface area contributed by atoms with Crippen LogP contribution in [0.5, 0.6) is 0 Å². The molecule has 2 aromatic carbocycles. The molecule has 0 unspecified atom stereocenters. The number of H-pyrrole nitrogens is 1. The Hall–Kier alpha value is -3.48. The Morgan fingerprint density at radius 3 is 2.48 bits per heavy atom. The van der Waals surface area contributed by atoms with Gasteiger partial charge in [0.15, 0.2) is 5.69 Å². The number of hydrogen-bond donors (Lipinski definition) is 2. The summed E-state index contributed by atoms with van der Waals surface area (Å²) >= 11 is 0. The van der Waals surface area contributed by atoms with Gasteiger partial charge in [-0.05, 0) is 16.6 Å². The second-order valence-corrected chi connectivity index (χ2v) is 4.76. The summed E-state index contributed by atoms with van der Waals surface area (Å²) in [6.07, 6.45) is 0. The maximum absolute atomic E-state index is 12.2. The van der Waals surface area contributed by atoms with Gasteiger partial charge in [0, 0.05) is 11.3 Å². The van der Waals surface area contributed by atoms with E-state index in [0.29, 0.717) is 5.69 Å². The van der Waals surface area contributed by atoms with Crippen LogP contribution in [0.15, 0.2) is 60.7 Å². The summed E-state index contributed by atoms with van der Waals surface area (Å²) in [5, 5.41) is 19.2. The zero-order chi connectivity index (χ0) is 16.2. The molecule has 0 atom stereocenters. The van der Waals surface area contributed by atoms with Crippen molar-refractivity contribution in [1.29, 1.82) is 0 Å². The zero-order valence-electron chi connectivity index (χ0n) is 11.9. The van der Waals surface area contributed by atoms with E-state index in [1.165, 1.54) is 0 Å². The van der Waals surface area contributed by atoms with E-state index >= 15 is 0 Å². The predicted molar refractivity (Wildman–Crippen MR) is 85.1 cm³/mol. The van der Waals surface area contributed by atoms with E-state index in [1.54, 1.807) is 12.1 Å². The highest BCUT2D eigenvalue weighted by molar-refractivity contribution is 6.05. The maximum Gasteiger partial charge on any atom is 0.343 e. The number of rotatable bonds is 4. The molecule has 0 aliphatic carbocycles. The molecule has 0 fully saturated rings. The van der Waals surface area contributed by atoms with Gasteiger partial charge in [-0.3, -0.25) is 4.79 Å². The molecular formula is C16H12N4O3. The van der Waals surface area contributed by atoms with E-state index in [9.17, 15) is 14.9 Å². The number of anilines is 1. The molecule has 0 saturated carbocycles. The van der Waals surface area contributed by atoms with Crippen molar-refractivity contribution in [3.8, 4) is 11.1 Å². The van der Waals surface area contributed by atoms with Gasteiger partial charge in [0.05, 0.1) is 6.07 Å². The molecule has 7 nitrogen and oxygen atoms in total. The summed E-state index contributed by atoms with van der Waals surface area (Å²) in [5.41, 5.74) is 2.37. The fraction of sp³-hybridized carbons (Fsp3) is 0. The first-order valence-corrected chi connectivity index (χ1v) is 6.81. The molecule has 7 heteroatoms. The van der Waals surface area contributed by atoms with Crippen LogP contribution in [-0.2, 0) is 0 Å². The Morgan fingerprint density at radius 2 is 1.78 bits per heavy atom. The topological polar surface area (TPSA) is 101 Å².